The number of para-hydroxylation sites is 1. The predicted octanol–water partition coefficient (Wildman–Crippen LogP) is 5.74. The first-order valence-corrected chi connectivity index (χ1v) is 9.85. The fourth-order valence-electron chi connectivity index (χ4n) is 4.21. The molecule has 136 valence electrons. The van der Waals surface area contributed by atoms with Gasteiger partial charge in [0.25, 0.3) is 0 Å². The van der Waals surface area contributed by atoms with Gasteiger partial charge in [-0.25, -0.2) is 0 Å². The van der Waals surface area contributed by atoms with E-state index in [0.29, 0.717) is 5.75 Å². The van der Waals surface area contributed by atoms with Gasteiger partial charge in [0.15, 0.2) is 0 Å². The van der Waals surface area contributed by atoms with E-state index < -0.39 is 0 Å². The van der Waals surface area contributed by atoms with Crippen LogP contribution in [0, 0.1) is 0 Å². The van der Waals surface area contributed by atoms with Gasteiger partial charge in [0.2, 0.25) is 0 Å². The number of nitrogens with zero attached hydrogens (tertiary/aromatic N) is 1. The Hall–Kier alpha value is -1.78. The fourth-order valence-corrected chi connectivity index (χ4v) is 4.57. The zero-order chi connectivity index (χ0) is 18.5. The van der Waals surface area contributed by atoms with Gasteiger partial charge in [-0.2, -0.15) is 0 Å². The van der Waals surface area contributed by atoms with Crippen LogP contribution in [-0.4, -0.2) is 21.4 Å². The van der Waals surface area contributed by atoms with Gasteiger partial charge < -0.3 is 14.4 Å². The molecular formula is C22H24BrNO2. The smallest absolute Gasteiger partial charge is 0.119 e. The van der Waals surface area contributed by atoms with Crippen LogP contribution in [-0.2, 0) is 11.8 Å². The number of fused-ring (bicyclic) bond motifs is 1. The Kier molecular flexibility index (Phi) is 4.36. The highest BCUT2D eigenvalue weighted by molar-refractivity contribution is 9.10. The number of hydrogen-bond donors (Lipinski definition) is 1. The van der Waals surface area contributed by atoms with Gasteiger partial charge in [-0.15, -0.1) is 0 Å². The van der Waals surface area contributed by atoms with Crippen molar-refractivity contribution in [3.63, 3.8) is 0 Å². The Bertz CT molecular complexity index is 960. The van der Waals surface area contributed by atoms with E-state index >= 15 is 0 Å². The van der Waals surface area contributed by atoms with Crippen molar-refractivity contribution >= 4 is 26.8 Å². The van der Waals surface area contributed by atoms with Crippen molar-refractivity contribution < 1.29 is 9.84 Å². The van der Waals surface area contributed by atoms with E-state index in [1.807, 2.05) is 18.2 Å². The van der Waals surface area contributed by atoms with Crippen LogP contribution >= 0.6 is 15.9 Å². The van der Waals surface area contributed by atoms with Crippen molar-refractivity contribution in [3.8, 4) is 5.75 Å². The highest BCUT2D eigenvalue weighted by atomic mass is 79.9. The lowest BCUT2D eigenvalue weighted by molar-refractivity contribution is -0.0216. The van der Waals surface area contributed by atoms with Crippen molar-refractivity contribution in [2.75, 3.05) is 0 Å². The molecule has 1 N–H and O–H groups in total. The lowest BCUT2D eigenvalue weighted by Gasteiger charge is -2.27. The standard InChI is InChI=1S/C22H24BrNO2/c1-22(2)11-10-20(26-22)21(15-6-4-5-7-19(15)25)17-13-24(3)18-9-8-14(23)12-16(17)18/h4-9,12-13,20-21,25H,10-11H2,1-3H3/t20-,21+/m1/s1. The second-order valence-corrected chi connectivity index (χ2v) is 8.76. The lowest BCUT2D eigenvalue weighted by Crippen LogP contribution is -2.25. The van der Waals surface area contributed by atoms with Crippen molar-refractivity contribution in [3.05, 3.63) is 64.3 Å². The maximum Gasteiger partial charge on any atom is 0.119 e. The van der Waals surface area contributed by atoms with Crippen LogP contribution in [0.4, 0.5) is 0 Å². The molecule has 1 fully saturated rings. The molecule has 1 aliphatic rings. The quantitative estimate of drug-likeness (QED) is 0.594. The Morgan fingerprint density at radius 3 is 2.65 bits per heavy atom. The summed E-state index contributed by atoms with van der Waals surface area (Å²) in [6.45, 7) is 4.29. The molecule has 2 aromatic carbocycles. The van der Waals surface area contributed by atoms with Crippen LogP contribution in [0.1, 0.15) is 43.7 Å². The van der Waals surface area contributed by atoms with Crippen LogP contribution < -0.4 is 0 Å². The molecule has 1 aromatic heterocycles. The highest BCUT2D eigenvalue weighted by Crippen LogP contribution is 2.45. The molecule has 0 aliphatic carbocycles. The molecule has 0 bridgehead atoms. The number of phenols is 1. The maximum atomic E-state index is 10.6. The zero-order valence-electron chi connectivity index (χ0n) is 15.4. The van der Waals surface area contributed by atoms with Crippen LogP contribution in [0.3, 0.4) is 0 Å². The van der Waals surface area contributed by atoms with Gasteiger partial charge >= 0.3 is 0 Å². The van der Waals surface area contributed by atoms with Gasteiger partial charge in [0, 0.05) is 40.1 Å². The van der Waals surface area contributed by atoms with Crippen LogP contribution in [0.25, 0.3) is 10.9 Å². The number of phenolic OH excluding ortho intramolecular Hbond substituents is 1. The topological polar surface area (TPSA) is 34.4 Å². The molecule has 0 unspecified atom stereocenters. The summed E-state index contributed by atoms with van der Waals surface area (Å²) in [7, 11) is 2.07. The lowest BCUT2D eigenvalue weighted by atomic mass is 9.84. The molecule has 1 saturated heterocycles. The first-order valence-electron chi connectivity index (χ1n) is 9.06. The van der Waals surface area contributed by atoms with Gasteiger partial charge in [-0.3, -0.25) is 0 Å². The minimum absolute atomic E-state index is 0.00373. The molecule has 3 aromatic rings. The van der Waals surface area contributed by atoms with E-state index in [1.165, 1.54) is 16.5 Å². The van der Waals surface area contributed by atoms with E-state index in [2.05, 4.69) is 65.8 Å². The summed E-state index contributed by atoms with van der Waals surface area (Å²) in [5, 5.41) is 11.8. The number of ether oxygens (including phenoxy) is 1. The van der Waals surface area contributed by atoms with Crippen LogP contribution in [0.5, 0.6) is 5.75 Å². The number of aryl methyl sites for hydroxylation is 1. The SMILES string of the molecule is Cn1cc([C@H](c2ccccc2O)[C@H]2CCC(C)(C)O2)c2cc(Br)ccc21. The molecular weight excluding hydrogens is 390 g/mol. The zero-order valence-corrected chi connectivity index (χ0v) is 17.0. The van der Waals surface area contributed by atoms with E-state index in [0.717, 1.165) is 22.9 Å². The van der Waals surface area contributed by atoms with Gasteiger partial charge in [0.05, 0.1) is 11.7 Å². The molecule has 4 rings (SSSR count). The van der Waals surface area contributed by atoms with Gasteiger partial charge in [-0.05, 0) is 56.5 Å². The minimum atomic E-state index is -0.127. The molecule has 0 radical (unpaired) electrons. The predicted molar refractivity (Wildman–Crippen MR) is 109 cm³/mol. The summed E-state index contributed by atoms with van der Waals surface area (Å²) in [5.41, 5.74) is 3.19. The second-order valence-electron chi connectivity index (χ2n) is 7.85. The summed E-state index contributed by atoms with van der Waals surface area (Å²) in [6.07, 6.45) is 4.23. The van der Waals surface area contributed by atoms with E-state index in [4.69, 9.17) is 4.74 Å². The van der Waals surface area contributed by atoms with Crippen molar-refractivity contribution in [1.82, 2.24) is 4.57 Å². The Balaban J connectivity index is 1.92. The summed E-state index contributed by atoms with van der Waals surface area (Å²) in [4.78, 5) is 0. The molecule has 26 heavy (non-hydrogen) atoms. The first kappa shape index (κ1) is 17.6. The normalized spacial score (nSPS) is 20.5. The molecule has 0 saturated carbocycles. The largest absolute Gasteiger partial charge is 0.508 e. The fraction of sp³-hybridized carbons (Fsp3) is 0.364. The molecule has 2 heterocycles. The molecule has 4 heteroatoms. The molecule has 3 nitrogen and oxygen atoms in total. The Labute approximate surface area is 162 Å². The Morgan fingerprint density at radius 2 is 1.96 bits per heavy atom. The number of aromatic nitrogens is 1. The van der Waals surface area contributed by atoms with Crippen LogP contribution in [0.15, 0.2) is 53.1 Å². The number of aromatic hydroxyl groups is 1. The monoisotopic (exact) mass is 413 g/mol. The average Bonchev–Trinajstić information content (AvgIpc) is 3.10. The summed E-state index contributed by atoms with van der Waals surface area (Å²) >= 11 is 3.61. The third kappa shape index (κ3) is 3.06. The molecule has 0 spiro atoms. The first-order chi connectivity index (χ1) is 12.4. The van der Waals surface area contributed by atoms with E-state index in [1.54, 1.807) is 6.07 Å². The van der Waals surface area contributed by atoms with E-state index in [9.17, 15) is 5.11 Å². The molecule has 0 amide bonds. The molecule has 1 aliphatic heterocycles. The molecule has 2 atom stereocenters. The third-order valence-corrected chi connectivity index (χ3v) is 5.96. The van der Waals surface area contributed by atoms with Crippen molar-refractivity contribution in [2.45, 2.75) is 44.3 Å². The third-order valence-electron chi connectivity index (χ3n) is 5.46. The number of benzene rings is 2. The van der Waals surface area contributed by atoms with Crippen molar-refractivity contribution in [2.24, 2.45) is 7.05 Å². The van der Waals surface area contributed by atoms with Crippen molar-refractivity contribution in [1.29, 1.82) is 0 Å². The summed E-state index contributed by atoms with van der Waals surface area (Å²) < 4.78 is 9.64. The maximum absolute atomic E-state index is 10.6. The number of halogens is 1. The minimum Gasteiger partial charge on any atom is -0.508 e. The summed E-state index contributed by atoms with van der Waals surface area (Å²) in [6, 6.07) is 14.0. The second kappa shape index (κ2) is 6.43. The number of hydrogen-bond acceptors (Lipinski definition) is 2. The van der Waals surface area contributed by atoms with E-state index in [-0.39, 0.29) is 17.6 Å². The van der Waals surface area contributed by atoms with Gasteiger partial charge in [0.1, 0.15) is 5.75 Å². The van der Waals surface area contributed by atoms with Crippen LogP contribution in [0.2, 0.25) is 0 Å². The average molecular weight is 414 g/mol. The Morgan fingerprint density at radius 1 is 1.19 bits per heavy atom. The highest BCUT2D eigenvalue weighted by Gasteiger charge is 2.39. The van der Waals surface area contributed by atoms with Gasteiger partial charge in [-0.1, -0.05) is 34.1 Å². The summed E-state index contributed by atoms with van der Waals surface area (Å²) in [5.74, 6) is 0.328. The number of rotatable bonds is 3.